The molecule has 2 aliphatic carbocycles. The fourth-order valence-corrected chi connectivity index (χ4v) is 9.60. The number of imide groups is 2. The van der Waals surface area contributed by atoms with Crippen LogP contribution in [0.5, 0.6) is 5.75 Å². The van der Waals surface area contributed by atoms with E-state index in [0.29, 0.717) is 33.4 Å². The number of alkyl halides is 3. The van der Waals surface area contributed by atoms with Gasteiger partial charge in [0, 0.05) is 23.6 Å². The van der Waals surface area contributed by atoms with Gasteiger partial charge in [-0.05, 0) is 67.1 Å². The Morgan fingerprint density at radius 3 is 2.31 bits per heavy atom. The van der Waals surface area contributed by atoms with Crippen LogP contribution < -0.4 is 9.91 Å². The van der Waals surface area contributed by atoms with Crippen LogP contribution in [0.1, 0.15) is 41.1 Å². The number of rotatable bonds is 5. The van der Waals surface area contributed by atoms with Crippen LogP contribution in [0.15, 0.2) is 96.6 Å². The second kappa shape index (κ2) is 12.7. The Labute approximate surface area is 317 Å². The molecule has 2 saturated heterocycles. The number of hydrogen-bond donors (Lipinski definition) is 1. The molecule has 276 valence electrons. The molecule has 8 rings (SSSR count). The predicted molar refractivity (Wildman–Crippen MR) is 193 cm³/mol. The van der Waals surface area contributed by atoms with Crippen LogP contribution in [0.2, 0.25) is 10.0 Å². The lowest BCUT2D eigenvalue weighted by Crippen LogP contribution is -2.53. The van der Waals surface area contributed by atoms with Crippen LogP contribution in [0.4, 0.5) is 24.7 Å². The summed E-state index contributed by atoms with van der Waals surface area (Å²) in [6.45, 7) is 1.72. The third kappa shape index (κ3) is 5.10. The molecule has 4 aromatic rings. The first-order chi connectivity index (χ1) is 25.7. The van der Waals surface area contributed by atoms with Gasteiger partial charge in [0.25, 0.3) is 11.8 Å². The van der Waals surface area contributed by atoms with E-state index in [9.17, 15) is 32.7 Å². The Balaban J connectivity index is 1.31. The number of halogens is 5. The minimum Gasteiger partial charge on any atom is -0.507 e. The summed E-state index contributed by atoms with van der Waals surface area (Å²) in [5, 5.41) is 13.5. The number of phenolic OH excluding ortho intramolecular Hbond substituents is 1. The number of pyridine rings is 1. The maximum atomic E-state index is 15.3. The van der Waals surface area contributed by atoms with Gasteiger partial charge in [0.15, 0.2) is 5.82 Å². The first kappa shape index (κ1) is 35.8. The Bertz CT molecular complexity index is 2300. The fourth-order valence-electron chi connectivity index (χ4n) is 9.19. The third-order valence-corrected chi connectivity index (χ3v) is 12.0. The second-order valence-electron chi connectivity index (χ2n) is 14.1. The number of hydrogen-bond acceptors (Lipinski definition) is 7. The maximum Gasteiger partial charge on any atom is 0.433 e. The molecule has 0 bridgehead atoms. The van der Waals surface area contributed by atoms with Crippen molar-refractivity contribution < 1.29 is 37.5 Å². The average Bonchev–Trinajstić information content (AvgIpc) is 3.53. The maximum absolute atomic E-state index is 15.3. The van der Waals surface area contributed by atoms with E-state index in [4.69, 9.17) is 23.2 Å². The van der Waals surface area contributed by atoms with E-state index in [1.807, 2.05) is 6.08 Å². The largest absolute Gasteiger partial charge is 0.507 e. The summed E-state index contributed by atoms with van der Waals surface area (Å²) in [5.41, 5.74) is -0.560. The summed E-state index contributed by atoms with van der Waals surface area (Å²) in [6, 6.07) is 22.1. The number of aryl methyl sites for hydroxylation is 1. The standard InChI is InChI=1S/C40H31Cl2F3N4O5/c1-20-8-6-13-26(33(20)50)32-24-14-15-25-31(37(53)49(35(25)51)47(2)34-29(42)16-17-30(46-34)40(43,44)45)27(24)19-28-36(52)48(23-12-7-11-22(41)18-23)38(54)39(28,32)21-9-4-3-5-10-21/h3-14,16-18,25,27-28,31-32,50H,15,19H2,1-2H3. The number of allylic oxidation sites excluding steroid dienone is 2. The van der Waals surface area contributed by atoms with E-state index in [0.717, 1.165) is 21.0 Å². The molecule has 4 aliphatic rings. The van der Waals surface area contributed by atoms with Gasteiger partial charge in [-0.2, -0.15) is 18.2 Å². The van der Waals surface area contributed by atoms with Gasteiger partial charge in [0.05, 0.1) is 33.9 Å². The number of carbonyl (C=O) groups is 4. The molecule has 3 fully saturated rings. The predicted octanol–water partition coefficient (Wildman–Crippen LogP) is 7.64. The Hall–Kier alpha value is -5.20. The summed E-state index contributed by atoms with van der Waals surface area (Å²) in [5.74, 6) is -7.79. The number of amides is 4. The number of para-hydroxylation sites is 1. The summed E-state index contributed by atoms with van der Waals surface area (Å²) in [7, 11) is 1.24. The lowest BCUT2D eigenvalue weighted by Gasteiger charge is -2.50. The molecular weight excluding hydrogens is 744 g/mol. The summed E-state index contributed by atoms with van der Waals surface area (Å²) in [4.78, 5) is 63.7. The van der Waals surface area contributed by atoms with Crippen molar-refractivity contribution in [1.29, 1.82) is 0 Å². The molecule has 0 radical (unpaired) electrons. The summed E-state index contributed by atoms with van der Waals surface area (Å²) < 4.78 is 41.0. The topological polar surface area (TPSA) is 111 Å². The number of carbonyl (C=O) groups excluding carboxylic acids is 4. The van der Waals surface area contributed by atoms with Crippen molar-refractivity contribution >= 4 is 58.3 Å². The van der Waals surface area contributed by atoms with Gasteiger partial charge < -0.3 is 5.11 Å². The first-order valence-corrected chi connectivity index (χ1v) is 18.0. The van der Waals surface area contributed by atoms with Gasteiger partial charge in [-0.3, -0.25) is 24.2 Å². The van der Waals surface area contributed by atoms with E-state index < -0.39 is 76.3 Å². The number of aromatic nitrogens is 1. The number of phenols is 1. The summed E-state index contributed by atoms with van der Waals surface area (Å²) >= 11 is 12.7. The molecule has 2 aliphatic heterocycles. The minimum atomic E-state index is -4.82. The number of fused-ring (bicyclic) bond motifs is 4. The van der Waals surface area contributed by atoms with E-state index in [1.165, 1.54) is 13.1 Å². The lowest BCUT2D eigenvalue weighted by molar-refractivity contribution is -0.141. The van der Waals surface area contributed by atoms with Gasteiger partial charge in [0.1, 0.15) is 11.4 Å². The molecule has 6 atom stereocenters. The van der Waals surface area contributed by atoms with Gasteiger partial charge in [0.2, 0.25) is 11.8 Å². The molecule has 1 aromatic heterocycles. The SMILES string of the molecule is Cc1cccc(C2C3=CCC4C(=O)N(N(C)c5nc(C(F)(F)F)ccc5Cl)C(=O)C4C3CC3C(=O)N(c4cccc(Cl)c4)C(=O)C32c2ccccc2)c1O. The van der Waals surface area contributed by atoms with E-state index in [-0.39, 0.29) is 29.3 Å². The lowest BCUT2D eigenvalue weighted by atomic mass is 9.49. The molecule has 1 saturated carbocycles. The first-order valence-electron chi connectivity index (χ1n) is 17.2. The van der Waals surface area contributed by atoms with Crippen molar-refractivity contribution in [1.82, 2.24) is 9.99 Å². The number of benzene rings is 3. The van der Waals surface area contributed by atoms with Gasteiger partial charge in [-0.25, -0.2) is 9.88 Å². The molecule has 14 heteroatoms. The number of aromatic hydroxyl groups is 1. The minimum absolute atomic E-state index is 0.0221. The van der Waals surface area contributed by atoms with E-state index >= 15 is 4.79 Å². The zero-order valence-electron chi connectivity index (χ0n) is 28.7. The number of anilines is 2. The average molecular weight is 776 g/mol. The zero-order valence-corrected chi connectivity index (χ0v) is 30.2. The Kier molecular flexibility index (Phi) is 8.42. The van der Waals surface area contributed by atoms with E-state index in [2.05, 4.69) is 4.98 Å². The Morgan fingerprint density at radius 1 is 0.889 bits per heavy atom. The number of nitrogens with zero attached hydrogens (tertiary/aromatic N) is 4. The highest BCUT2D eigenvalue weighted by Crippen LogP contribution is 2.65. The van der Waals surface area contributed by atoms with Crippen molar-refractivity contribution in [2.75, 3.05) is 17.0 Å². The molecule has 3 heterocycles. The normalized spacial score (nSPS) is 26.4. The second-order valence-corrected chi connectivity index (χ2v) is 15.0. The quantitative estimate of drug-likeness (QED) is 0.164. The van der Waals surface area contributed by atoms with Gasteiger partial charge >= 0.3 is 6.18 Å². The molecule has 54 heavy (non-hydrogen) atoms. The van der Waals surface area contributed by atoms with Crippen LogP contribution in [0.25, 0.3) is 0 Å². The van der Waals surface area contributed by atoms with Crippen LogP contribution in [0, 0.1) is 30.6 Å². The van der Waals surface area contributed by atoms with Crippen LogP contribution in [-0.4, -0.2) is 45.8 Å². The molecule has 9 nitrogen and oxygen atoms in total. The third-order valence-electron chi connectivity index (χ3n) is 11.4. The molecule has 6 unspecified atom stereocenters. The molecule has 3 aromatic carbocycles. The highest BCUT2D eigenvalue weighted by atomic mass is 35.5. The molecule has 1 N–H and O–H groups in total. The Morgan fingerprint density at radius 2 is 1.61 bits per heavy atom. The molecule has 0 spiro atoms. The van der Waals surface area contributed by atoms with Crippen molar-refractivity contribution in [2.45, 2.75) is 37.3 Å². The van der Waals surface area contributed by atoms with Crippen LogP contribution >= 0.6 is 23.2 Å². The molecular formula is C40H31Cl2F3N4O5. The zero-order chi connectivity index (χ0) is 38.4. The van der Waals surface area contributed by atoms with Gasteiger partial charge in [-0.15, -0.1) is 0 Å². The monoisotopic (exact) mass is 774 g/mol. The van der Waals surface area contributed by atoms with Crippen molar-refractivity contribution in [3.05, 3.63) is 129 Å². The van der Waals surface area contributed by atoms with Gasteiger partial charge in [-0.1, -0.05) is 89.4 Å². The highest BCUT2D eigenvalue weighted by Gasteiger charge is 2.70. The summed E-state index contributed by atoms with van der Waals surface area (Å²) in [6.07, 6.45) is -2.97. The van der Waals surface area contributed by atoms with Crippen molar-refractivity contribution in [2.24, 2.45) is 23.7 Å². The van der Waals surface area contributed by atoms with Crippen LogP contribution in [-0.2, 0) is 30.8 Å². The van der Waals surface area contributed by atoms with E-state index in [1.54, 1.807) is 73.7 Å². The van der Waals surface area contributed by atoms with Crippen molar-refractivity contribution in [3.63, 3.8) is 0 Å². The number of hydrazine groups is 1. The van der Waals surface area contributed by atoms with Crippen molar-refractivity contribution in [3.8, 4) is 5.75 Å². The highest BCUT2D eigenvalue weighted by molar-refractivity contribution is 6.33. The fraction of sp³-hybridized carbons (Fsp3) is 0.275. The smallest absolute Gasteiger partial charge is 0.433 e. The van der Waals surface area contributed by atoms with Crippen LogP contribution in [0.3, 0.4) is 0 Å². The molecule has 4 amide bonds.